The van der Waals surface area contributed by atoms with Crippen LogP contribution in [0.25, 0.3) is 0 Å². The lowest BCUT2D eigenvalue weighted by atomic mass is 9.66. The van der Waals surface area contributed by atoms with Crippen molar-refractivity contribution in [1.29, 1.82) is 0 Å². The van der Waals surface area contributed by atoms with Gasteiger partial charge in [0.25, 0.3) is 0 Å². The zero-order chi connectivity index (χ0) is 51.0. The predicted molar refractivity (Wildman–Crippen MR) is 258 cm³/mol. The number of carbonyl (C=O) groups is 1. The number of carboxylic acids is 1. The van der Waals surface area contributed by atoms with Gasteiger partial charge in [0.15, 0.2) is 13.6 Å². The molecule has 1 unspecified atom stereocenters. The van der Waals surface area contributed by atoms with Crippen LogP contribution in [0.2, 0.25) is 0 Å². The molecule has 2 aliphatic heterocycles. The second-order valence-electron chi connectivity index (χ2n) is 18.8. The molecule has 0 saturated heterocycles. The van der Waals surface area contributed by atoms with Crippen molar-refractivity contribution in [3.8, 4) is 34.5 Å². The average Bonchev–Trinajstić information content (AvgIpc) is 3.33. The summed E-state index contributed by atoms with van der Waals surface area (Å²) in [5, 5.41) is 29.1. The lowest BCUT2D eigenvalue weighted by molar-refractivity contribution is -0.284. The number of fused-ring (bicyclic) bond motifs is 2. The Morgan fingerprint density at radius 2 is 1.17 bits per heavy atom. The Kier molecular flexibility index (Phi) is 20.2. The minimum absolute atomic E-state index is 0.0145. The molecule has 0 aromatic heterocycles. The van der Waals surface area contributed by atoms with Gasteiger partial charge < -0.3 is 43.7 Å². The maximum Gasteiger partial charge on any atom is 0.453 e. The molecule has 10 nitrogen and oxygen atoms in total. The number of carboxylic acid groups (broad SMARTS) is 1. The van der Waals surface area contributed by atoms with E-state index in [2.05, 4.69) is 38.6 Å². The van der Waals surface area contributed by atoms with E-state index in [1.54, 1.807) is 38.5 Å². The number of aromatic hydroxyl groups is 2. The van der Waals surface area contributed by atoms with Crippen molar-refractivity contribution in [3.63, 3.8) is 0 Å². The summed E-state index contributed by atoms with van der Waals surface area (Å²) < 4.78 is 96.2. The number of aliphatic carboxylic acids is 1. The third kappa shape index (κ3) is 14.5. The van der Waals surface area contributed by atoms with Crippen molar-refractivity contribution in [3.05, 3.63) is 120 Å². The number of alkyl halides is 5. The number of allylic oxidation sites excluding steroid dienone is 1. The van der Waals surface area contributed by atoms with Gasteiger partial charge in [0.2, 0.25) is 0 Å². The molecule has 5 atom stereocenters. The molecule has 0 spiro atoms. The first-order valence-corrected chi connectivity index (χ1v) is 24.0. The topological polar surface area (TPSA) is 133 Å². The van der Waals surface area contributed by atoms with Crippen LogP contribution in [0.1, 0.15) is 131 Å². The highest BCUT2D eigenvalue weighted by Gasteiger charge is 2.56. The van der Waals surface area contributed by atoms with Gasteiger partial charge in [0.1, 0.15) is 34.5 Å². The molecule has 0 aliphatic carbocycles. The van der Waals surface area contributed by atoms with E-state index in [0.29, 0.717) is 31.8 Å². The first kappa shape index (κ1) is 55.4. The van der Waals surface area contributed by atoms with E-state index in [9.17, 15) is 42.1 Å². The standard InChI is InChI=1S/C32H41F5O5.C23H28O5/c1-30(23-13-15-24(38)16-14-23)21-42-28-20-25(39)17-18-26(28)27(30)12-7-5-3-2-4-6-10-22(29(40)41)11-8-9-19-31(33,34)32(35,36)37;1-5-6-21-20-12-11-19(28-16-25-4)13-22(20)26-14-23(21,2)17-7-9-18(10-8-17)27-15-24-3/h13-18,20,22,27,38-39H,2-12,19,21H2,1H3,(H,40,41);5,7-13,21H,1,6,14-16H2,2-4H3/t22?,27-,30-;21-,23-/m11/s1. The third-order valence-electron chi connectivity index (χ3n) is 13.8. The molecule has 0 saturated carbocycles. The number of hydrogen-bond donors (Lipinski definition) is 3. The Morgan fingerprint density at radius 1 is 0.686 bits per heavy atom. The summed E-state index contributed by atoms with van der Waals surface area (Å²) in [5.41, 5.74) is 3.96. The lowest BCUT2D eigenvalue weighted by Crippen LogP contribution is -2.40. The van der Waals surface area contributed by atoms with Gasteiger partial charge in [-0.15, -0.1) is 6.58 Å². The first-order chi connectivity index (χ1) is 33.4. The Morgan fingerprint density at radius 3 is 1.76 bits per heavy atom. The SMILES string of the molecule is C=CC[C@@H]1c2ccc(OCOC)cc2OC[C@]1(C)c1ccc(OCOC)cc1.C[C@]1(c2ccc(O)cc2)COc2cc(O)ccc2[C@H]1CCCCCCCCC(CCCCC(F)(F)C(F)(F)F)C(=O)O. The maximum atomic E-state index is 13.0. The molecule has 70 heavy (non-hydrogen) atoms. The van der Waals surface area contributed by atoms with Crippen LogP contribution in [0.3, 0.4) is 0 Å². The molecule has 384 valence electrons. The molecule has 2 heterocycles. The molecule has 0 amide bonds. The van der Waals surface area contributed by atoms with Gasteiger partial charge in [0.05, 0.1) is 19.1 Å². The van der Waals surface area contributed by atoms with Crippen molar-refractivity contribution in [1.82, 2.24) is 0 Å². The molecule has 6 rings (SSSR count). The summed E-state index contributed by atoms with van der Waals surface area (Å²) >= 11 is 0. The lowest BCUT2D eigenvalue weighted by Gasteiger charge is -2.43. The van der Waals surface area contributed by atoms with Crippen LogP contribution in [-0.4, -0.2) is 74.4 Å². The van der Waals surface area contributed by atoms with Gasteiger partial charge in [-0.05, 0) is 90.8 Å². The molecule has 4 aromatic rings. The summed E-state index contributed by atoms with van der Waals surface area (Å²) in [6, 6.07) is 26.5. The van der Waals surface area contributed by atoms with Crippen molar-refractivity contribution in [2.45, 2.75) is 132 Å². The second kappa shape index (κ2) is 25.5. The molecular formula is C55H69F5O10. The highest BCUT2D eigenvalue weighted by Crippen LogP contribution is 2.51. The summed E-state index contributed by atoms with van der Waals surface area (Å²) in [5.74, 6) is -2.74. The largest absolute Gasteiger partial charge is 0.508 e. The van der Waals surface area contributed by atoms with E-state index in [1.807, 2.05) is 48.5 Å². The van der Waals surface area contributed by atoms with E-state index < -0.39 is 30.4 Å². The summed E-state index contributed by atoms with van der Waals surface area (Å²) in [4.78, 5) is 11.5. The van der Waals surface area contributed by atoms with Crippen LogP contribution in [0.4, 0.5) is 22.0 Å². The maximum absolute atomic E-state index is 13.0. The highest BCUT2D eigenvalue weighted by atomic mass is 19.4. The molecule has 0 fully saturated rings. The molecule has 3 N–H and O–H groups in total. The molecule has 2 aliphatic rings. The third-order valence-corrected chi connectivity index (χ3v) is 13.8. The fraction of sp³-hybridized carbons (Fsp3) is 0.509. The van der Waals surface area contributed by atoms with E-state index >= 15 is 0 Å². The first-order valence-electron chi connectivity index (χ1n) is 24.0. The van der Waals surface area contributed by atoms with Crippen molar-refractivity contribution < 1.29 is 70.5 Å². The Balaban J connectivity index is 0.000000282. The van der Waals surface area contributed by atoms with Crippen LogP contribution in [-0.2, 0) is 25.1 Å². The van der Waals surface area contributed by atoms with E-state index in [1.165, 1.54) is 5.56 Å². The summed E-state index contributed by atoms with van der Waals surface area (Å²) in [6.07, 6.45) is 2.23. The minimum Gasteiger partial charge on any atom is -0.508 e. The van der Waals surface area contributed by atoms with Crippen molar-refractivity contribution in [2.75, 3.05) is 41.0 Å². The number of ether oxygens (including phenoxy) is 6. The van der Waals surface area contributed by atoms with Crippen molar-refractivity contribution >= 4 is 5.97 Å². The Labute approximate surface area is 408 Å². The number of hydrogen-bond acceptors (Lipinski definition) is 9. The number of rotatable bonds is 25. The highest BCUT2D eigenvalue weighted by molar-refractivity contribution is 5.69. The molecule has 4 aromatic carbocycles. The summed E-state index contributed by atoms with van der Waals surface area (Å²) in [7, 11) is 3.21. The number of halogens is 5. The number of phenols is 2. The fourth-order valence-corrected chi connectivity index (χ4v) is 9.64. The zero-order valence-electron chi connectivity index (χ0n) is 40.7. The van der Waals surface area contributed by atoms with Crippen molar-refractivity contribution in [2.24, 2.45) is 5.92 Å². The number of benzene rings is 4. The normalized spacial score (nSPS) is 20.1. The van der Waals surface area contributed by atoms with Crippen LogP contribution in [0.5, 0.6) is 34.5 Å². The van der Waals surface area contributed by atoms with Crippen LogP contribution in [0, 0.1) is 5.92 Å². The van der Waals surface area contributed by atoms with Crippen LogP contribution in [0.15, 0.2) is 97.6 Å². The minimum atomic E-state index is -5.58. The Bertz CT molecular complexity index is 2250. The molecular weight excluding hydrogens is 916 g/mol. The molecule has 0 radical (unpaired) electrons. The molecule has 0 bridgehead atoms. The second-order valence-corrected chi connectivity index (χ2v) is 18.8. The molecule has 15 heteroatoms. The van der Waals surface area contributed by atoms with Gasteiger partial charge in [-0.1, -0.05) is 101 Å². The summed E-state index contributed by atoms with van der Waals surface area (Å²) in [6.45, 7) is 9.83. The van der Waals surface area contributed by atoms with E-state index in [0.717, 1.165) is 78.9 Å². The number of unbranched alkanes of at least 4 members (excludes halogenated alkanes) is 6. The average molecular weight is 985 g/mol. The van der Waals surface area contributed by atoms with Gasteiger partial charge in [-0.3, -0.25) is 4.79 Å². The van der Waals surface area contributed by atoms with Gasteiger partial charge in [0, 0.05) is 55.4 Å². The monoisotopic (exact) mass is 984 g/mol. The van der Waals surface area contributed by atoms with Gasteiger partial charge in [-0.25, -0.2) is 0 Å². The van der Waals surface area contributed by atoms with Gasteiger partial charge in [-0.2, -0.15) is 22.0 Å². The van der Waals surface area contributed by atoms with E-state index in [4.69, 9.17) is 28.4 Å². The predicted octanol–water partition coefficient (Wildman–Crippen LogP) is 13.8. The smallest absolute Gasteiger partial charge is 0.453 e. The Hall–Kier alpha value is -5.54. The zero-order valence-corrected chi connectivity index (χ0v) is 40.7. The van der Waals surface area contributed by atoms with Crippen LogP contribution < -0.4 is 18.9 Å². The van der Waals surface area contributed by atoms with Crippen LogP contribution >= 0.6 is 0 Å². The van der Waals surface area contributed by atoms with Gasteiger partial charge >= 0.3 is 18.1 Å². The number of methoxy groups -OCH3 is 2. The fourth-order valence-electron chi connectivity index (χ4n) is 9.64. The number of phenolic OH excluding ortho intramolecular Hbond substituents is 2. The van der Waals surface area contributed by atoms with E-state index in [-0.39, 0.29) is 67.0 Å². The quantitative estimate of drug-likeness (QED) is 0.0255.